The number of amides is 1. The highest BCUT2D eigenvalue weighted by Crippen LogP contribution is 2.46. The van der Waals surface area contributed by atoms with Crippen LogP contribution in [0.15, 0.2) is 42.5 Å². The van der Waals surface area contributed by atoms with Crippen LogP contribution in [0.5, 0.6) is 0 Å². The standard InChI is InChI=1S/C23H20N2O2/c1-11-19-16-9-13(12(2)26)7-8-18(16)25-22(19)17-10-14-5-3-4-6-15(14)21(17)20(11)23(24)27/h3-9,12,25-26H,10H2,1-2H3,(H2,24,27). The summed E-state index contributed by atoms with van der Waals surface area (Å²) >= 11 is 0. The summed E-state index contributed by atoms with van der Waals surface area (Å²) in [5.41, 5.74) is 14.6. The lowest BCUT2D eigenvalue weighted by Gasteiger charge is -2.13. The molecule has 1 aliphatic rings. The molecular formula is C23H20N2O2. The van der Waals surface area contributed by atoms with Crippen LogP contribution in [-0.4, -0.2) is 16.0 Å². The first-order valence-electron chi connectivity index (χ1n) is 9.14. The summed E-state index contributed by atoms with van der Waals surface area (Å²) in [7, 11) is 0. The first-order chi connectivity index (χ1) is 13.0. The number of aliphatic hydroxyl groups is 1. The minimum absolute atomic E-state index is 0.400. The summed E-state index contributed by atoms with van der Waals surface area (Å²) in [5.74, 6) is -0.400. The molecule has 0 spiro atoms. The number of fused-ring (bicyclic) bond motifs is 7. The maximum Gasteiger partial charge on any atom is 0.249 e. The largest absolute Gasteiger partial charge is 0.389 e. The Hall–Kier alpha value is -3.11. The predicted molar refractivity (Wildman–Crippen MR) is 108 cm³/mol. The van der Waals surface area contributed by atoms with Crippen LogP contribution in [0.4, 0.5) is 0 Å². The van der Waals surface area contributed by atoms with Gasteiger partial charge in [0.1, 0.15) is 0 Å². The van der Waals surface area contributed by atoms with Crippen LogP contribution < -0.4 is 5.73 Å². The number of carbonyl (C=O) groups excluding carboxylic acids is 1. The summed E-state index contributed by atoms with van der Waals surface area (Å²) in [4.78, 5) is 16.0. The van der Waals surface area contributed by atoms with Crippen LogP contribution in [0.3, 0.4) is 0 Å². The zero-order valence-corrected chi connectivity index (χ0v) is 15.3. The number of rotatable bonds is 2. The maximum atomic E-state index is 12.4. The number of hydrogen-bond donors (Lipinski definition) is 3. The fourth-order valence-electron chi connectivity index (χ4n) is 4.56. The van der Waals surface area contributed by atoms with Crippen molar-refractivity contribution in [3.8, 4) is 11.1 Å². The number of H-pyrrole nitrogens is 1. The number of aliphatic hydroxyl groups excluding tert-OH is 1. The van der Waals surface area contributed by atoms with Crippen LogP contribution in [0.2, 0.25) is 0 Å². The lowest BCUT2D eigenvalue weighted by Crippen LogP contribution is -2.15. The van der Waals surface area contributed by atoms with Gasteiger partial charge in [0.05, 0.1) is 17.2 Å². The molecule has 27 heavy (non-hydrogen) atoms. The van der Waals surface area contributed by atoms with Crippen molar-refractivity contribution < 1.29 is 9.90 Å². The Balaban J connectivity index is 1.97. The van der Waals surface area contributed by atoms with Crippen molar-refractivity contribution in [2.24, 2.45) is 5.73 Å². The lowest BCUT2D eigenvalue weighted by molar-refractivity contribution is 0.100. The number of aromatic nitrogens is 1. The molecule has 1 aromatic heterocycles. The van der Waals surface area contributed by atoms with Crippen LogP contribution >= 0.6 is 0 Å². The molecule has 1 atom stereocenters. The Labute approximate surface area is 156 Å². The Morgan fingerprint density at radius 1 is 1.22 bits per heavy atom. The van der Waals surface area contributed by atoms with Crippen LogP contribution in [-0.2, 0) is 6.42 Å². The monoisotopic (exact) mass is 356 g/mol. The summed E-state index contributed by atoms with van der Waals surface area (Å²) in [6.07, 6.45) is 0.229. The molecular weight excluding hydrogens is 336 g/mol. The van der Waals surface area contributed by atoms with Gasteiger partial charge in [-0.15, -0.1) is 0 Å². The van der Waals surface area contributed by atoms with Crippen molar-refractivity contribution in [3.05, 3.63) is 70.3 Å². The number of nitrogens with one attached hydrogen (secondary N) is 1. The number of aromatic amines is 1. The second kappa shape index (κ2) is 5.44. The van der Waals surface area contributed by atoms with Crippen molar-refractivity contribution >= 4 is 27.7 Å². The lowest BCUT2D eigenvalue weighted by atomic mass is 9.90. The van der Waals surface area contributed by atoms with Gasteiger partial charge in [-0.3, -0.25) is 4.79 Å². The van der Waals surface area contributed by atoms with Crippen molar-refractivity contribution in [3.63, 3.8) is 0 Å². The van der Waals surface area contributed by atoms with Crippen molar-refractivity contribution in [2.45, 2.75) is 26.4 Å². The van der Waals surface area contributed by atoms with Gasteiger partial charge in [0.25, 0.3) is 0 Å². The van der Waals surface area contributed by atoms with Crippen LogP contribution in [0, 0.1) is 6.92 Å². The SMILES string of the molecule is Cc1c(C(N)=O)c2c(c3[nH]c4ccc(C(C)O)cc4c13)Cc1ccccc1-2. The van der Waals surface area contributed by atoms with E-state index in [-0.39, 0.29) is 0 Å². The third-order valence-electron chi connectivity index (χ3n) is 5.81. The van der Waals surface area contributed by atoms with Gasteiger partial charge in [0.15, 0.2) is 0 Å². The number of hydrogen-bond acceptors (Lipinski definition) is 2. The molecule has 134 valence electrons. The van der Waals surface area contributed by atoms with Gasteiger partial charge < -0.3 is 15.8 Å². The molecule has 0 radical (unpaired) electrons. The molecule has 0 fully saturated rings. The summed E-state index contributed by atoms with van der Waals surface area (Å²) in [6.45, 7) is 3.72. The molecule has 1 amide bonds. The third kappa shape index (κ3) is 2.10. The Kier molecular flexibility index (Phi) is 3.24. The van der Waals surface area contributed by atoms with Crippen molar-refractivity contribution in [1.29, 1.82) is 0 Å². The average molecular weight is 356 g/mol. The molecule has 3 aromatic carbocycles. The number of aryl methyl sites for hydroxylation is 1. The van der Waals surface area contributed by atoms with E-state index in [0.717, 1.165) is 56.0 Å². The second-order valence-corrected chi connectivity index (χ2v) is 7.41. The average Bonchev–Trinajstić information content (AvgIpc) is 3.20. The molecule has 4 aromatic rings. The molecule has 0 saturated carbocycles. The van der Waals surface area contributed by atoms with Gasteiger partial charge in [-0.2, -0.15) is 0 Å². The molecule has 0 aliphatic heterocycles. The number of primary amides is 1. The molecule has 4 heteroatoms. The van der Waals surface area contributed by atoms with E-state index in [1.165, 1.54) is 5.56 Å². The minimum atomic E-state index is -0.547. The summed E-state index contributed by atoms with van der Waals surface area (Å²) < 4.78 is 0. The highest BCUT2D eigenvalue weighted by atomic mass is 16.3. The first-order valence-corrected chi connectivity index (χ1v) is 9.14. The van der Waals surface area contributed by atoms with E-state index >= 15 is 0 Å². The van der Waals surface area contributed by atoms with E-state index < -0.39 is 12.0 Å². The molecule has 1 heterocycles. The van der Waals surface area contributed by atoms with Gasteiger partial charge in [0, 0.05) is 28.3 Å². The Morgan fingerprint density at radius 2 is 2.00 bits per heavy atom. The second-order valence-electron chi connectivity index (χ2n) is 7.41. The highest BCUT2D eigenvalue weighted by molar-refractivity contribution is 6.18. The zero-order chi connectivity index (χ0) is 18.9. The number of nitrogens with two attached hydrogens (primary N) is 1. The molecule has 1 aliphatic carbocycles. The van der Waals surface area contributed by atoms with Gasteiger partial charge >= 0.3 is 0 Å². The summed E-state index contributed by atoms with van der Waals surface area (Å²) in [6, 6.07) is 14.1. The van der Waals surface area contributed by atoms with Gasteiger partial charge in [0.2, 0.25) is 5.91 Å². The van der Waals surface area contributed by atoms with E-state index in [2.05, 4.69) is 17.1 Å². The molecule has 0 bridgehead atoms. The van der Waals surface area contributed by atoms with E-state index in [9.17, 15) is 9.90 Å². The van der Waals surface area contributed by atoms with Gasteiger partial charge in [-0.05, 0) is 53.8 Å². The maximum absolute atomic E-state index is 12.4. The summed E-state index contributed by atoms with van der Waals surface area (Å²) in [5, 5.41) is 12.0. The van der Waals surface area contributed by atoms with Gasteiger partial charge in [-0.1, -0.05) is 30.3 Å². The normalized spacial score (nSPS) is 13.7. The predicted octanol–water partition coefficient (Wildman–Crippen LogP) is 4.35. The van der Waals surface area contributed by atoms with E-state index in [1.54, 1.807) is 6.92 Å². The van der Waals surface area contributed by atoms with Crippen molar-refractivity contribution in [1.82, 2.24) is 4.98 Å². The highest BCUT2D eigenvalue weighted by Gasteiger charge is 2.29. The zero-order valence-electron chi connectivity index (χ0n) is 15.3. The molecule has 4 nitrogen and oxygen atoms in total. The minimum Gasteiger partial charge on any atom is -0.389 e. The van der Waals surface area contributed by atoms with Crippen LogP contribution in [0.1, 0.15) is 45.6 Å². The molecule has 1 unspecified atom stereocenters. The van der Waals surface area contributed by atoms with Crippen molar-refractivity contribution in [2.75, 3.05) is 0 Å². The topological polar surface area (TPSA) is 79.1 Å². The van der Waals surface area contributed by atoms with E-state index in [0.29, 0.717) is 5.56 Å². The quantitative estimate of drug-likeness (QED) is 0.439. The molecule has 4 N–H and O–H groups in total. The number of carbonyl (C=O) groups is 1. The Morgan fingerprint density at radius 3 is 2.74 bits per heavy atom. The molecule has 0 saturated heterocycles. The van der Waals surface area contributed by atoms with E-state index in [4.69, 9.17) is 5.73 Å². The fraction of sp³-hybridized carbons (Fsp3) is 0.174. The third-order valence-corrected chi connectivity index (χ3v) is 5.81. The molecule has 5 rings (SSSR count). The fourth-order valence-corrected chi connectivity index (χ4v) is 4.56. The van der Waals surface area contributed by atoms with E-state index in [1.807, 2.05) is 37.3 Å². The Bertz CT molecular complexity index is 1260. The van der Waals surface area contributed by atoms with Crippen LogP contribution in [0.25, 0.3) is 32.9 Å². The number of benzene rings is 3. The smallest absolute Gasteiger partial charge is 0.249 e. The first kappa shape index (κ1) is 16.1. The van der Waals surface area contributed by atoms with Gasteiger partial charge in [-0.25, -0.2) is 0 Å².